The molecule has 1 rings (SSSR count). The second-order valence-electron chi connectivity index (χ2n) is 5.14. The van der Waals surface area contributed by atoms with Crippen molar-refractivity contribution >= 4 is 0 Å². The summed E-state index contributed by atoms with van der Waals surface area (Å²) in [5, 5.41) is 0. The van der Waals surface area contributed by atoms with Gasteiger partial charge in [0.2, 0.25) is 0 Å². The Hall–Kier alpha value is -0.120. The van der Waals surface area contributed by atoms with Crippen molar-refractivity contribution in [2.24, 2.45) is 11.7 Å². The lowest BCUT2D eigenvalue weighted by atomic mass is 10.1. The average Bonchev–Trinajstić information content (AvgIpc) is 2.80. The molecule has 1 fully saturated rings. The maximum Gasteiger partial charge on any atom is 0.00190 e. The van der Waals surface area contributed by atoms with E-state index in [-0.39, 0.29) is 0 Å². The molecule has 0 amide bonds. The van der Waals surface area contributed by atoms with Gasteiger partial charge < -0.3 is 15.5 Å². The fourth-order valence-corrected chi connectivity index (χ4v) is 2.42. The van der Waals surface area contributed by atoms with Crippen LogP contribution in [0.25, 0.3) is 0 Å². The molecular weight excluding hydrogens is 198 g/mol. The van der Waals surface area contributed by atoms with Crippen LogP contribution in [0.1, 0.15) is 33.1 Å². The van der Waals surface area contributed by atoms with Crippen LogP contribution in [-0.2, 0) is 0 Å². The molecule has 1 atom stereocenters. The minimum absolute atomic E-state index is 0.631. The Balaban J connectivity index is 2.08. The Morgan fingerprint density at radius 3 is 2.56 bits per heavy atom. The van der Waals surface area contributed by atoms with Crippen LogP contribution in [0, 0.1) is 5.92 Å². The molecule has 0 aromatic heterocycles. The summed E-state index contributed by atoms with van der Waals surface area (Å²) < 4.78 is 0. The highest BCUT2D eigenvalue weighted by Crippen LogP contribution is 2.08. The molecule has 1 heterocycles. The first-order chi connectivity index (χ1) is 7.76. The number of hydrogen-bond acceptors (Lipinski definition) is 3. The summed E-state index contributed by atoms with van der Waals surface area (Å²) in [5.74, 6) is 0.631. The van der Waals surface area contributed by atoms with Crippen molar-refractivity contribution in [3.8, 4) is 0 Å². The van der Waals surface area contributed by atoms with Gasteiger partial charge in [-0.3, -0.25) is 0 Å². The fraction of sp³-hybridized carbons (Fsp3) is 1.00. The Labute approximate surface area is 101 Å². The topological polar surface area (TPSA) is 32.5 Å². The Bertz CT molecular complexity index is 167. The molecule has 0 spiro atoms. The smallest absolute Gasteiger partial charge is 0.00190 e. The zero-order chi connectivity index (χ0) is 11.8. The van der Waals surface area contributed by atoms with Gasteiger partial charge >= 0.3 is 0 Å². The quantitative estimate of drug-likeness (QED) is 0.680. The average molecular weight is 227 g/mol. The summed E-state index contributed by atoms with van der Waals surface area (Å²) in [6.07, 6.45) is 4.12. The SMILES string of the molecule is CCN(CCCN1CCCC1)CC(C)CN. The Morgan fingerprint density at radius 2 is 2.00 bits per heavy atom. The van der Waals surface area contributed by atoms with Gasteiger partial charge in [-0.2, -0.15) is 0 Å². The first kappa shape index (κ1) is 13.9. The maximum atomic E-state index is 5.67. The molecule has 0 radical (unpaired) electrons. The molecule has 0 aromatic rings. The third-order valence-electron chi connectivity index (χ3n) is 3.57. The summed E-state index contributed by atoms with van der Waals surface area (Å²) in [7, 11) is 0. The van der Waals surface area contributed by atoms with Gasteiger partial charge in [0.1, 0.15) is 0 Å². The predicted octanol–water partition coefficient (Wildman–Crippen LogP) is 1.39. The zero-order valence-electron chi connectivity index (χ0n) is 11.1. The number of nitrogens with zero attached hydrogens (tertiary/aromatic N) is 2. The summed E-state index contributed by atoms with van der Waals surface area (Å²) in [6.45, 7) is 12.8. The van der Waals surface area contributed by atoms with Crippen LogP contribution in [0.4, 0.5) is 0 Å². The van der Waals surface area contributed by atoms with Crippen LogP contribution in [0.2, 0.25) is 0 Å². The van der Waals surface area contributed by atoms with Crippen LogP contribution in [0.3, 0.4) is 0 Å². The van der Waals surface area contributed by atoms with E-state index in [2.05, 4.69) is 23.6 Å². The van der Waals surface area contributed by atoms with Gasteiger partial charge in [-0.15, -0.1) is 0 Å². The molecule has 2 N–H and O–H groups in total. The molecule has 0 aromatic carbocycles. The molecule has 3 nitrogen and oxygen atoms in total. The third kappa shape index (κ3) is 5.28. The van der Waals surface area contributed by atoms with Crippen molar-refractivity contribution in [2.45, 2.75) is 33.1 Å². The lowest BCUT2D eigenvalue weighted by molar-refractivity contribution is 0.229. The molecule has 1 aliphatic heterocycles. The summed E-state index contributed by atoms with van der Waals surface area (Å²) in [5.41, 5.74) is 5.67. The molecule has 0 saturated carbocycles. The van der Waals surface area contributed by atoms with Crippen molar-refractivity contribution in [1.82, 2.24) is 9.80 Å². The summed E-state index contributed by atoms with van der Waals surface area (Å²) in [6, 6.07) is 0. The van der Waals surface area contributed by atoms with E-state index in [0.29, 0.717) is 5.92 Å². The van der Waals surface area contributed by atoms with Gasteiger partial charge in [0, 0.05) is 6.54 Å². The first-order valence-electron chi connectivity index (χ1n) is 6.91. The highest BCUT2D eigenvalue weighted by Gasteiger charge is 2.12. The summed E-state index contributed by atoms with van der Waals surface area (Å²) in [4.78, 5) is 5.13. The lowest BCUT2D eigenvalue weighted by Gasteiger charge is -2.24. The maximum absolute atomic E-state index is 5.67. The standard InChI is InChI=1S/C13H29N3/c1-3-15(12-13(2)11-14)9-6-10-16-7-4-5-8-16/h13H,3-12,14H2,1-2H3. The minimum atomic E-state index is 0.631. The third-order valence-corrected chi connectivity index (χ3v) is 3.57. The van der Waals surface area contributed by atoms with Crippen LogP contribution < -0.4 is 5.73 Å². The number of hydrogen-bond donors (Lipinski definition) is 1. The van der Waals surface area contributed by atoms with E-state index >= 15 is 0 Å². The number of nitrogens with two attached hydrogens (primary N) is 1. The minimum Gasteiger partial charge on any atom is -0.330 e. The van der Waals surface area contributed by atoms with E-state index in [1.165, 1.54) is 45.4 Å². The van der Waals surface area contributed by atoms with Crippen molar-refractivity contribution in [3.05, 3.63) is 0 Å². The second kappa shape index (κ2) is 8.04. The van der Waals surface area contributed by atoms with Crippen LogP contribution in [-0.4, -0.2) is 55.6 Å². The molecule has 0 bridgehead atoms. The van der Waals surface area contributed by atoms with Crippen LogP contribution >= 0.6 is 0 Å². The van der Waals surface area contributed by atoms with Crippen molar-refractivity contribution in [3.63, 3.8) is 0 Å². The molecule has 96 valence electrons. The van der Waals surface area contributed by atoms with Gasteiger partial charge in [0.15, 0.2) is 0 Å². The predicted molar refractivity (Wildman–Crippen MR) is 70.6 cm³/mol. The molecular formula is C13H29N3. The molecule has 1 unspecified atom stereocenters. The normalized spacial score (nSPS) is 19.5. The monoisotopic (exact) mass is 227 g/mol. The molecule has 16 heavy (non-hydrogen) atoms. The highest BCUT2D eigenvalue weighted by molar-refractivity contribution is 4.68. The van der Waals surface area contributed by atoms with Gasteiger partial charge in [-0.05, 0) is 64.4 Å². The Kier molecular flexibility index (Phi) is 7.01. The number of rotatable bonds is 8. The van der Waals surface area contributed by atoms with Gasteiger partial charge in [0.25, 0.3) is 0 Å². The second-order valence-corrected chi connectivity index (χ2v) is 5.14. The Morgan fingerprint density at radius 1 is 1.31 bits per heavy atom. The molecule has 1 aliphatic rings. The largest absolute Gasteiger partial charge is 0.330 e. The van der Waals surface area contributed by atoms with E-state index in [1.807, 2.05) is 0 Å². The number of likely N-dealkylation sites (tertiary alicyclic amines) is 1. The van der Waals surface area contributed by atoms with E-state index < -0.39 is 0 Å². The molecule has 0 aliphatic carbocycles. The first-order valence-corrected chi connectivity index (χ1v) is 6.91. The van der Waals surface area contributed by atoms with E-state index in [1.54, 1.807) is 0 Å². The van der Waals surface area contributed by atoms with Crippen molar-refractivity contribution in [2.75, 3.05) is 45.8 Å². The van der Waals surface area contributed by atoms with Gasteiger partial charge in [-0.25, -0.2) is 0 Å². The lowest BCUT2D eigenvalue weighted by Crippen LogP contribution is -2.34. The highest BCUT2D eigenvalue weighted by atomic mass is 15.2. The van der Waals surface area contributed by atoms with E-state index in [9.17, 15) is 0 Å². The van der Waals surface area contributed by atoms with Gasteiger partial charge in [-0.1, -0.05) is 13.8 Å². The fourth-order valence-electron chi connectivity index (χ4n) is 2.42. The zero-order valence-corrected chi connectivity index (χ0v) is 11.1. The molecule has 3 heteroatoms. The van der Waals surface area contributed by atoms with Crippen LogP contribution in [0.15, 0.2) is 0 Å². The van der Waals surface area contributed by atoms with Gasteiger partial charge in [0.05, 0.1) is 0 Å². The van der Waals surface area contributed by atoms with E-state index in [4.69, 9.17) is 5.73 Å². The van der Waals surface area contributed by atoms with Crippen molar-refractivity contribution < 1.29 is 0 Å². The molecule has 1 saturated heterocycles. The summed E-state index contributed by atoms with van der Waals surface area (Å²) >= 11 is 0. The van der Waals surface area contributed by atoms with E-state index in [0.717, 1.165) is 19.6 Å². The van der Waals surface area contributed by atoms with Crippen LogP contribution in [0.5, 0.6) is 0 Å². The van der Waals surface area contributed by atoms with Crippen molar-refractivity contribution in [1.29, 1.82) is 0 Å².